The summed E-state index contributed by atoms with van der Waals surface area (Å²) in [5.74, 6) is 2.22. The molecule has 0 heterocycles. The minimum absolute atomic E-state index is 0.682. The fourth-order valence-corrected chi connectivity index (χ4v) is 9.42. The van der Waals surface area contributed by atoms with Crippen LogP contribution in [0.25, 0.3) is 0 Å². The molecule has 0 unspecified atom stereocenters. The van der Waals surface area contributed by atoms with E-state index in [4.69, 9.17) is 9.47 Å². The van der Waals surface area contributed by atoms with Crippen molar-refractivity contribution in [1.82, 2.24) is 9.80 Å². The van der Waals surface area contributed by atoms with E-state index in [0.717, 1.165) is 87.3 Å². The van der Waals surface area contributed by atoms with Gasteiger partial charge in [-0.15, -0.1) is 0 Å². The van der Waals surface area contributed by atoms with Crippen LogP contribution in [-0.4, -0.2) is 74.6 Å². The number of hydrogen-bond acceptors (Lipinski definition) is 8. The number of allylic oxidation sites excluding steroid dienone is 2. The van der Waals surface area contributed by atoms with Crippen molar-refractivity contribution in [1.29, 1.82) is 0 Å². The van der Waals surface area contributed by atoms with Crippen molar-refractivity contribution in [2.75, 3.05) is 52.0 Å². The van der Waals surface area contributed by atoms with E-state index in [1.165, 1.54) is 61.2 Å². The third kappa shape index (κ3) is 21.4. The molecular formula is C32H60N2O4S4. The van der Waals surface area contributed by atoms with Crippen LogP contribution in [0.15, 0.2) is 21.2 Å². The summed E-state index contributed by atoms with van der Waals surface area (Å²) in [6, 6.07) is 0. The predicted octanol–water partition coefficient (Wildman–Crippen LogP) is 9.92. The molecule has 0 aliphatic heterocycles. The van der Waals surface area contributed by atoms with Crippen LogP contribution in [0.4, 0.5) is 0 Å². The van der Waals surface area contributed by atoms with Gasteiger partial charge in [0.1, 0.15) is 0 Å². The van der Waals surface area contributed by atoms with E-state index in [0.29, 0.717) is 13.2 Å². The highest BCUT2D eigenvalue weighted by Crippen LogP contribution is 2.36. The van der Waals surface area contributed by atoms with E-state index >= 15 is 0 Å². The van der Waals surface area contributed by atoms with E-state index in [2.05, 4.69) is 27.7 Å². The first kappa shape index (κ1) is 41.7. The Morgan fingerprint density at radius 3 is 1.21 bits per heavy atom. The Balaban J connectivity index is 4.22. The van der Waals surface area contributed by atoms with Gasteiger partial charge in [0.15, 0.2) is 0 Å². The van der Waals surface area contributed by atoms with Gasteiger partial charge in [-0.1, -0.05) is 108 Å². The lowest BCUT2D eigenvalue weighted by atomic mass is 10.1. The highest BCUT2D eigenvalue weighted by molar-refractivity contribution is 8.78. The molecule has 10 heteroatoms. The average Bonchev–Trinajstić information content (AvgIpc) is 3.00. The van der Waals surface area contributed by atoms with Crippen LogP contribution in [0.1, 0.15) is 118 Å². The number of unbranched alkanes of at least 4 members (excludes halogenated alkanes) is 9. The van der Waals surface area contributed by atoms with Crippen LogP contribution in [-0.2, 0) is 19.1 Å². The van der Waals surface area contributed by atoms with Gasteiger partial charge in [-0.2, -0.15) is 0 Å². The first-order valence-electron chi connectivity index (χ1n) is 15.9. The summed E-state index contributed by atoms with van der Waals surface area (Å²) in [4.78, 5) is 29.9. The number of rotatable bonds is 31. The number of methoxy groups -OCH3 is 2. The Morgan fingerprint density at radius 2 is 0.929 bits per heavy atom. The summed E-state index contributed by atoms with van der Waals surface area (Å²) in [5.41, 5.74) is 2.16. The normalized spacial score (nSPS) is 12.6. The summed E-state index contributed by atoms with van der Waals surface area (Å²) < 4.78 is 10.6. The number of amides is 2. The molecule has 246 valence electrons. The van der Waals surface area contributed by atoms with Crippen molar-refractivity contribution in [2.24, 2.45) is 0 Å². The van der Waals surface area contributed by atoms with Gasteiger partial charge in [-0.3, -0.25) is 9.59 Å². The van der Waals surface area contributed by atoms with Gasteiger partial charge < -0.3 is 19.3 Å². The molecular weight excluding hydrogens is 605 g/mol. The lowest BCUT2D eigenvalue weighted by molar-refractivity contribution is -0.117. The average molecular weight is 665 g/mol. The van der Waals surface area contributed by atoms with Crippen molar-refractivity contribution in [3.8, 4) is 0 Å². The zero-order chi connectivity index (χ0) is 31.3. The molecule has 0 atom stereocenters. The highest BCUT2D eigenvalue weighted by atomic mass is 33.1. The van der Waals surface area contributed by atoms with E-state index in [1.54, 1.807) is 35.8 Å². The minimum Gasteiger partial charge on any atom is -0.384 e. The van der Waals surface area contributed by atoms with Crippen LogP contribution >= 0.6 is 43.2 Å². The molecule has 0 aliphatic carbocycles. The summed E-state index contributed by atoms with van der Waals surface area (Å²) >= 11 is 0. The zero-order valence-electron chi connectivity index (χ0n) is 27.5. The maximum absolute atomic E-state index is 11.8. The summed E-state index contributed by atoms with van der Waals surface area (Å²) in [7, 11) is 10.8. The first-order chi connectivity index (χ1) is 20.5. The molecule has 6 nitrogen and oxygen atoms in total. The van der Waals surface area contributed by atoms with Crippen molar-refractivity contribution in [3.63, 3.8) is 0 Å². The standard InChI is InChI=1S/C32H60N2O4S4/c1-7-25-39-41-31(19-23-37-5)29(3)33(27-35)21-17-15-13-11-9-10-12-14-16-18-22-34(28-36)30(4)32(20-24-38-6)42-40-26-8-2/h27-28H,7-26H2,1-6H3. The van der Waals surface area contributed by atoms with Crippen molar-refractivity contribution in [2.45, 2.75) is 118 Å². The second-order valence-electron chi connectivity index (χ2n) is 10.4. The van der Waals surface area contributed by atoms with Gasteiger partial charge >= 0.3 is 0 Å². The molecule has 0 radical (unpaired) electrons. The van der Waals surface area contributed by atoms with Gasteiger partial charge in [0, 0.05) is 72.9 Å². The van der Waals surface area contributed by atoms with Crippen LogP contribution in [0.2, 0.25) is 0 Å². The van der Waals surface area contributed by atoms with Crippen LogP contribution < -0.4 is 0 Å². The molecule has 0 spiro atoms. The Morgan fingerprint density at radius 1 is 0.595 bits per heavy atom. The fraction of sp³-hybridized carbons (Fsp3) is 0.812. The number of nitrogens with zero attached hydrogens (tertiary/aromatic N) is 2. The van der Waals surface area contributed by atoms with Gasteiger partial charge in [-0.05, 0) is 39.5 Å². The smallest absolute Gasteiger partial charge is 0.213 e. The maximum atomic E-state index is 11.8. The lowest BCUT2D eigenvalue weighted by Crippen LogP contribution is -2.22. The Labute approximate surface area is 274 Å². The number of ether oxygens (including phenoxy) is 2. The van der Waals surface area contributed by atoms with Gasteiger partial charge in [0.25, 0.3) is 0 Å². The number of carbonyl (C=O) groups is 2. The largest absolute Gasteiger partial charge is 0.384 e. The Kier molecular flexibility index (Phi) is 30.6. The van der Waals surface area contributed by atoms with Crippen molar-refractivity contribution >= 4 is 56.0 Å². The molecule has 0 saturated carbocycles. The van der Waals surface area contributed by atoms with Gasteiger partial charge in [0.05, 0.1) is 13.2 Å². The SMILES string of the molecule is CCCSSC(CCOC)=C(C)N(C=O)CCCCCCCCCCCCN(C=O)C(C)=C(CCOC)SSCCC. The number of hydrogen-bond donors (Lipinski definition) is 0. The maximum Gasteiger partial charge on any atom is 0.213 e. The van der Waals surface area contributed by atoms with Crippen LogP contribution in [0.3, 0.4) is 0 Å². The summed E-state index contributed by atoms with van der Waals surface area (Å²) in [6.45, 7) is 11.5. The number of carbonyl (C=O) groups excluding carboxylic acids is 2. The molecule has 0 aliphatic rings. The summed E-state index contributed by atoms with van der Waals surface area (Å²) in [5, 5.41) is 0. The topological polar surface area (TPSA) is 59.1 Å². The quantitative estimate of drug-likeness (QED) is 0.0412. The Hall–Kier alpha value is -0.260. The zero-order valence-corrected chi connectivity index (χ0v) is 30.7. The fourth-order valence-electron chi connectivity index (χ4n) is 4.25. The molecule has 0 fully saturated rings. The van der Waals surface area contributed by atoms with E-state index < -0.39 is 0 Å². The molecule has 2 amide bonds. The first-order valence-corrected chi connectivity index (χ1v) is 20.5. The second-order valence-corrected chi connectivity index (χ2v) is 15.5. The monoisotopic (exact) mass is 664 g/mol. The third-order valence-electron chi connectivity index (χ3n) is 6.93. The lowest BCUT2D eigenvalue weighted by Gasteiger charge is -2.21. The van der Waals surface area contributed by atoms with Crippen molar-refractivity contribution in [3.05, 3.63) is 21.2 Å². The second kappa shape index (κ2) is 30.8. The molecule has 0 aromatic heterocycles. The van der Waals surface area contributed by atoms with E-state index in [-0.39, 0.29) is 0 Å². The predicted molar refractivity (Wildman–Crippen MR) is 191 cm³/mol. The minimum atomic E-state index is 0.682. The van der Waals surface area contributed by atoms with E-state index in [1.807, 2.05) is 31.4 Å². The van der Waals surface area contributed by atoms with Crippen LogP contribution in [0, 0.1) is 0 Å². The molecule has 0 N–H and O–H groups in total. The summed E-state index contributed by atoms with van der Waals surface area (Å²) in [6.07, 6.45) is 18.0. The molecule has 0 saturated heterocycles. The van der Waals surface area contributed by atoms with Crippen molar-refractivity contribution < 1.29 is 19.1 Å². The molecule has 0 bridgehead atoms. The Bertz CT molecular complexity index is 677. The molecule has 0 aromatic carbocycles. The molecule has 0 rings (SSSR count). The van der Waals surface area contributed by atoms with Gasteiger partial charge in [0.2, 0.25) is 12.8 Å². The third-order valence-corrected chi connectivity index (χ3v) is 12.6. The van der Waals surface area contributed by atoms with Gasteiger partial charge in [-0.25, -0.2) is 0 Å². The molecule has 0 aromatic rings. The molecule has 42 heavy (non-hydrogen) atoms. The van der Waals surface area contributed by atoms with Crippen LogP contribution in [0.5, 0.6) is 0 Å². The van der Waals surface area contributed by atoms with E-state index in [9.17, 15) is 9.59 Å². The highest BCUT2D eigenvalue weighted by Gasteiger charge is 2.13.